The summed E-state index contributed by atoms with van der Waals surface area (Å²) in [5.41, 5.74) is 7.59. The van der Waals surface area contributed by atoms with E-state index < -0.39 is 0 Å². The van der Waals surface area contributed by atoms with Crippen LogP contribution < -0.4 is 5.73 Å². The van der Waals surface area contributed by atoms with Crippen LogP contribution in [0.4, 0.5) is 0 Å². The van der Waals surface area contributed by atoms with Gasteiger partial charge in [0.1, 0.15) is 0 Å². The maximum atomic E-state index is 7.15. The Bertz CT molecular complexity index is 335. The van der Waals surface area contributed by atoms with Crippen LogP contribution >= 0.6 is 0 Å². The molecule has 0 atom stereocenters. The van der Waals surface area contributed by atoms with Gasteiger partial charge in [-0.15, -0.1) is 0 Å². The predicted molar refractivity (Wildman–Crippen MR) is 61.8 cm³/mol. The van der Waals surface area contributed by atoms with Crippen LogP contribution in [-0.4, -0.2) is 29.3 Å². The van der Waals surface area contributed by atoms with Crippen LogP contribution in [0, 0.1) is 12.3 Å². The second-order valence-electron chi connectivity index (χ2n) is 3.78. The lowest BCUT2D eigenvalue weighted by molar-refractivity contribution is 0.331. The van der Waals surface area contributed by atoms with Crippen LogP contribution in [0.3, 0.4) is 0 Å². The summed E-state index contributed by atoms with van der Waals surface area (Å²) in [5, 5.41) is 7.15. The SMILES string of the molecule is Cc1cccnc1CN(C)CCC(=N)N. The number of aryl methyl sites for hydroxylation is 1. The molecule has 0 aliphatic carbocycles. The van der Waals surface area contributed by atoms with Crippen LogP contribution in [-0.2, 0) is 6.54 Å². The van der Waals surface area contributed by atoms with Crippen LogP contribution in [0.15, 0.2) is 18.3 Å². The molecule has 0 unspecified atom stereocenters. The van der Waals surface area contributed by atoms with Crippen molar-refractivity contribution in [1.82, 2.24) is 9.88 Å². The smallest absolute Gasteiger partial charge is 0.0918 e. The summed E-state index contributed by atoms with van der Waals surface area (Å²) >= 11 is 0. The Kier molecular flexibility index (Phi) is 4.24. The third-order valence-electron chi connectivity index (χ3n) is 2.30. The first-order valence-electron chi connectivity index (χ1n) is 5.01. The topological polar surface area (TPSA) is 66.0 Å². The Labute approximate surface area is 90.6 Å². The normalized spacial score (nSPS) is 10.6. The first-order valence-corrected chi connectivity index (χ1v) is 5.01. The van der Waals surface area contributed by atoms with Crippen molar-refractivity contribution in [2.24, 2.45) is 5.73 Å². The predicted octanol–water partition coefficient (Wildman–Crippen LogP) is 1.15. The molecule has 4 nitrogen and oxygen atoms in total. The van der Waals surface area contributed by atoms with Crippen molar-refractivity contribution in [3.8, 4) is 0 Å². The van der Waals surface area contributed by atoms with E-state index >= 15 is 0 Å². The Morgan fingerprint density at radius 1 is 1.60 bits per heavy atom. The summed E-state index contributed by atoms with van der Waals surface area (Å²) < 4.78 is 0. The van der Waals surface area contributed by atoms with Crippen molar-refractivity contribution in [3.05, 3.63) is 29.6 Å². The maximum absolute atomic E-state index is 7.15. The number of amidine groups is 1. The molecule has 0 saturated carbocycles. The van der Waals surface area contributed by atoms with Crippen LogP contribution in [0.25, 0.3) is 0 Å². The first-order chi connectivity index (χ1) is 7.09. The summed E-state index contributed by atoms with van der Waals surface area (Å²) in [6.07, 6.45) is 2.42. The molecule has 1 heterocycles. The van der Waals surface area contributed by atoms with Crippen LogP contribution in [0.5, 0.6) is 0 Å². The van der Waals surface area contributed by atoms with E-state index in [-0.39, 0.29) is 5.84 Å². The minimum Gasteiger partial charge on any atom is -0.388 e. The van der Waals surface area contributed by atoms with Crippen molar-refractivity contribution < 1.29 is 0 Å². The number of rotatable bonds is 5. The van der Waals surface area contributed by atoms with Gasteiger partial charge >= 0.3 is 0 Å². The van der Waals surface area contributed by atoms with Gasteiger partial charge in [0.25, 0.3) is 0 Å². The average molecular weight is 206 g/mol. The van der Waals surface area contributed by atoms with E-state index in [4.69, 9.17) is 11.1 Å². The van der Waals surface area contributed by atoms with Gasteiger partial charge in [-0.25, -0.2) is 0 Å². The molecule has 0 amide bonds. The fourth-order valence-corrected chi connectivity index (χ4v) is 1.33. The molecule has 0 bridgehead atoms. The number of nitrogens with two attached hydrogens (primary N) is 1. The van der Waals surface area contributed by atoms with Gasteiger partial charge in [0, 0.05) is 25.7 Å². The van der Waals surface area contributed by atoms with Crippen molar-refractivity contribution in [2.45, 2.75) is 19.9 Å². The standard InChI is InChI=1S/C11H18N4/c1-9-4-3-6-14-10(9)8-15(2)7-5-11(12)13/h3-4,6H,5,7-8H2,1-2H3,(H3,12,13). The van der Waals surface area contributed by atoms with E-state index in [2.05, 4.69) is 22.9 Å². The highest BCUT2D eigenvalue weighted by Gasteiger charge is 2.04. The molecule has 82 valence electrons. The van der Waals surface area contributed by atoms with Gasteiger partial charge in [0.15, 0.2) is 0 Å². The Balaban J connectivity index is 2.47. The summed E-state index contributed by atoms with van der Waals surface area (Å²) in [6.45, 7) is 3.66. The monoisotopic (exact) mass is 206 g/mol. The number of hydrogen-bond donors (Lipinski definition) is 2. The van der Waals surface area contributed by atoms with E-state index in [1.807, 2.05) is 13.1 Å². The molecule has 3 N–H and O–H groups in total. The van der Waals surface area contributed by atoms with E-state index in [1.165, 1.54) is 5.56 Å². The van der Waals surface area contributed by atoms with Gasteiger partial charge in [-0.1, -0.05) is 6.07 Å². The largest absolute Gasteiger partial charge is 0.388 e. The average Bonchev–Trinajstić information content (AvgIpc) is 2.18. The molecule has 0 fully saturated rings. The molecular weight excluding hydrogens is 188 g/mol. The zero-order valence-electron chi connectivity index (χ0n) is 9.33. The van der Waals surface area contributed by atoms with Crippen molar-refractivity contribution in [1.29, 1.82) is 5.41 Å². The summed E-state index contributed by atoms with van der Waals surface area (Å²) in [5.74, 6) is 0.236. The van der Waals surface area contributed by atoms with Gasteiger partial charge in [-0.05, 0) is 25.6 Å². The highest BCUT2D eigenvalue weighted by molar-refractivity contribution is 5.76. The Morgan fingerprint density at radius 2 is 2.33 bits per heavy atom. The lowest BCUT2D eigenvalue weighted by atomic mass is 10.2. The molecule has 1 rings (SSSR count). The molecule has 0 spiro atoms. The minimum absolute atomic E-state index is 0.236. The third-order valence-corrected chi connectivity index (χ3v) is 2.30. The van der Waals surface area contributed by atoms with Crippen LogP contribution in [0.2, 0.25) is 0 Å². The van der Waals surface area contributed by atoms with Gasteiger partial charge in [-0.3, -0.25) is 10.4 Å². The third kappa shape index (κ3) is 4.08. The molecule has 0 radical (unpaired) electrons. The number of nitrogens with one attached hydrogen (secondary N) is 1. The van der Waals surface area contributed by atoms with Gasteiger partial charge in [0.2, 0.25) is 0 Å². The molecule has 0 aromatic carbocycles. The van der Waals surface area contributed by atoms with Gasteiger partial charge in [0.05, 0.1) is 11.5 Å². The van der Waals surface area contributed by atoms with Crippen LogP contribution in [0.1, 0.15) is 17.7 Å². The lowest BCUT2D eigenvalue weighted by Crippen LogP contribution is -2.24. The maximum Gasteiger partial charge on any atom is 0.0918 e. The van der Waals surface area contributed by atoms with E-state index in [1.54, 1.807) is 6.20 Å². The van der Waals surface area contributed by atoms with Crippen molar-refractivity contribution in [3.63, 3.8) is 0 Å². The lowest BCUT2D eigenvalue weighted by Gasteiger charge is -2.16. The molecule has 15 heavy (non-hydrogen) atoms. The Hall–Kier alpha value is -1.42. The minimum atomic E-state index is 0.236. The number of aromatic nitrogens is 1. The highest BCUT2D eigenvalue weighted by atomic mass is 15.1. The second kappa shape index (κ2) is 5.46. The summed E-state index contributed by atoms with van der Waals surface area (Å²) in [4.78, 5) is 6.44. The van der Waals surface area contributed by atoms with Crippen molar-refractivity contribution >= 4 is 5.84 Å². The zero-order chi connectivity index (χ0) is 11.3. The van der Waals surface area contributed by atoms with Gasteiger partial charge < -0.3 is 10.6 Å². The molecule has 1 aromatic heterocycles. The van der Waals surface area contributed by atoms with Crippen molar-refractivity contribution in [2.75, 3.05) is 13.6 Å². The van der Waals surface area contributed by atoms with E-state index in [0.29, 0.717) is 6.42 Å². The quantitative estimate of drug-likeness (QED) is 0.561. The fourth-order valence-electron chi connectivity index (χ4n) is 1.33. The number of nitrogens with zero attached hydrogens (tertiary/aromatic N) is 2. The van der Waals surface area contributed by atoms with E-state index in [9.17, 15) is 0 Å². The molecule has 1 aromatic rings. The molecule has 0 saturated heterocycles. The Morgan fingerprint density at radius 3 is 2.93 bits per heavy atom. The first kappa shape index (κ1) is 11.7. The number of pyridine rings is 1. The molecule has 4 heteroatoms. The van der Waals surface area contributed by atoms with Gasteiger partial charge in [-0.2, -0.15) is 0 Å². The molecule has 0 aliphatic heterocycles. The fraction of sp³-hybridized carbons (Fsp3) is 0.455. The zero-order valence-corrected chi connectivity index (χ0v) is 9.33. The second-order valence-corrected chi connectivity index (χ2v) is 3.78. The molecular formula is C11H18N4. The summed E-state index contributed by atoms with van der Waals surface area (Å²) in [7, 11) is 2.01. The summed E-state index contributed by atoms with van der Waals surface area (Å²) in [6, 6.07) is 4.00. The highest BCUT2D eigenvalue weighted by Crippen LogP contribution is 2.05. The molecule has 0 aliphatic rings. The number of hydrogen-bond acceptors (Lipinski definition) is 3. The van der Waals surface area contributed by atoms with E-state index in [0.717, 1.165) is 18.8 Å².